The normalized spacial score (nSPS) is 11.7. The Labute approximate surface area is 136 Å². The maximum Gasteiger partial charge on any atom is 0.270 e. The van der Waals surface area contributed by atoms with E-state index in [0.717, 1.165) is 11.1 Å². The highest BCUT2D eigenvalue weighted by Gasteiger charge is 2.13. The summed E-state index contributed by atoms with van der Waals surface area (Å²) in [5.74, 6) is -0.0154. The van der Waals surface area contributed by atoms with E-state index >= 15 is 0 Å². The van der Waals surface area contributed by atoms with Gasteiger partial charge in [0.2, 0.25) is 0 Å². The molecule has 2 rings (SSSR count). The van der Waals surface area contributed by atoms with E-state index in [1.165, 1.54) is 24.3 Å². The van der Waals surface area contributed by atoms with Crippen molar-refractivity contribution in [1.82, 2.24) is 0 Å². The van der Waals surface area contributed by atoms with Gasteiger partial charge in [0.05, 0.1) is 4.92 Å². The van der Waals surface area contributed by atoms with Crippen molar-refractivity contribution in [2.45, 2.75) is 12.7 Å². The van der Waals surface area contributed by atoms with Gasteiger partial charge >= 0.3 is 0 Å². The van der Waals surface area contributed by atoms with Crippen LogP contribution in [0.3, 0.4) is 0 Å². The molecule has 0 spiro atoms. The topological polar surface area (TPSA) is 89.3 Å². The third kappa shape index (κ3) is 4.23. The molecule has 120 valence electrons. The summed E-state index contributed by atoms with van der Waals surface area (Å²) in [6.07, 6.45) is 1.62. The molecule has 0 aliphatic carbocycles. The second-order valence-corrected chi connectivity index (χ2v) is 6.50. The van der Waals surface area contributed by atoms with Crippen molar-refractivity contribution in [1.29, 1.82) is 0 Å². The molecule has 0 unspecified atom stereocenters. The second-order valence-electron chi connectivity index (χ2n) is 5.07. The van der Waals surface area contributed by atoms with Crippen molar-refractivity contribution in [3.05, 3.63) is 69.3 Å². The lowest BCUT2D eigenvalue weighted by molar-refractivity contribution is -0.384. The van der Waals surface area contributed by atoms with Crippen LogP contribution >= 0.6 is 0 Å². The fraction of sp³-hybridized carbons (Fsp3) is 0.188. The number of nitrogens with one attached hydrogen (secondary N) is 1. The summed E-state index contributed by atoms with van der Waals surface area (Å²) in [5.41, 5.74) is 2.40. The number of amides is 1. The zero-order valence-electron chi connectivity index (χ0n) is 12.7. The summed E-state index contributed by atoms with van der Waals surface area (Å²) in [4.78, 5) is 22.5. The maximum atomic E-state index is 12.3. The number of hydrogen-bond donors (Lipinski definition) is 1. The summed E-state index contributed by atoms with van der Waals surface area (Å²) in [7, 11) is -0.980. The van der Waals surface area contributed by atoms with E-state index in [2.05, 4.69) is 5.32 Å². The number of nitro benzene ring substituents is 1. The molecule has 7 heteroatoms. The Morgan fingerprint density at radius 2 is 1.96 bits per heavy atom. The lowest BCUT2D eigenvalue weighted by atomic mass is 10.1. The number of nitrogens with zero attached hydrogens (tertiary/aromatic N) is 1. The summed E-state index contributed by atoms with van der Waals surface area (Å²) in [5, 5.41) is 13.5. The predicted octanol–water partition coefficient (Wildman–Crippen LogP) is 3.03. The second kappa shape index (κ2) is 7.15. The van der Waals surface area contributed by atoms with E-state index in [-0.39, 0.29) is 11.3 Å². The van der Waals surface area contributed by atoms with E-state index in [1.807, 2.05) is 13.0 Å². The molecule has 23 heavy (non-hydrogen) atoms. The molecule has 0 aliphatic heterocycles. The van der Waals surface area contributed by atoms with Gasteiger partial charge in [-0.15, -0.1) is 0 Å². The van der Waals surface area contributed by atoms with Gasteiger partial charge in [-0.2, -0.15) is 0 Å². The van der Waals surface area contributed by atoms with E-state index < -0.39 is 21.6 Å². The minimum absolute atomic E-state index is 0.135. The molecule has 0 aliphatic rings. The number of carbonyl (C=O) groups excluding carboxylic acids is 1. The fourth-order valence-electron chi connectivity index (χ4n) is 2.15. The first kappa shape index (κ1) is 16.8. The van der Waals surface area contributed by atoms with Crippen molar-refractivity contribution in [2.75, 3.05) is 11.6 Å². The van der Waals surface area contributed by atoms with Crippen LogP contribution in [0, 0.1) is 17.0 Å². The molecule has 1 atom stereocenters. The summed E-state index contributed by atoms with van der Waals surface area (Å²) < 4.78 is 11.4. The highest BCUT2D eigenvalue weighted by Crippen LogP contribution is 2.21. The number of hydrogen-bond acceptors (Lipinski definition) is 4. The molecule has 0 saturated heterocycles. The van der Waals surface area contributed by atoms with Gasteiger partial charge in [0.25, 0.3) is 11.6 Å². The van der Waals surface area contributed by atoms with E-state index in [9.17, 15) is 19.1 Å². The van der Waals surface area contributed by atoms with Gasteiger partial charge in [-0.05, 0) is 30.2 Å². The molecule has 6 nitrogen and oxygen atoms in total. The van der Waals surface area contributed by atoms with Gasteiger partial charge in [0, 0.05) is 46.2 Å². The summed E-state index contributed by atoms with van der Waals surface area (Å²) >= 11 is 0. The average Bonchev–Trinajstić information content (AvgIpc) is 2.51. The Bertz CT molecular complexity index is 789. The molecule has 0 fully saturated rings. The SMILES string of the molecule is Cc1c(C[S@](C)=O)cccc1NC(=O)c1cccc([N+](=O)[O-])c1. The van der Waals surface area contributed by atoms with Crippen LogP contribution in [0.15, 0.2) is 42.5 Å². The first-order chi connectivity index (χ1) is 10.9. The molecule has 0 aromatic heterocycles. The number of nitro groups is 1. The largest absolute Gasteiger partial charge is 0.322 e. The highest BCUT2D eigenvalue weighted by molar-refractivity contribution is 7.83. The monoisotopic (exact) mass is 332 g/mol. The minimum atomic E-state index is -0.980. The van der Waals surface area contributed by atoms with Crippen LogP contribution < -0.4 is 5.32 Å². The molecule has 0 radical (unpaired) electrons. The highest BCUT2D eigenvalue weighted by atomic mass is 32.2. The lowest BCUT2D eigenvalue weighted by Gasteiger charge is -2.12. The van der Waals surface area contributed by atoms with Crippen LogP contribution in [0.2, 0.25) is 0 Å². The third-order valence-corrected chi connectivity index (χ3v) is 4.09. The van der Waals surface area contributed by atoms with Crippen molar-refractivity contribution < 1.29 is 13.9 Å². The number of benzene rings is 2. The van der Waals surface area contributed by atoms with Gasteiger partial charge in [-0.25, -0.2) is 0 Å². The van der Waals surface area contributed by atoms with Crippen molar-refractivity contribution >= 4 is 28.1 Å². The molecule has 1 N–H and O–H groups in total. The number of non-ortho nitro benzene ring substituents is 1. The Balaban J connectivity index is 2.25. The average molecular weight is 332 g/mol. The smallest absolute Gasteiger partial charge is 0.270 e. The lowest BCUT2D eigenvalue weighted by Crippen LogP contribution is -2.13. The number of rotatable bonds is 5. The Kier molecular flexibility index (Phi) is 5.23. The Morgan fingerprint density at radius 1 is 1.26 bits per heavy atom. The number of carbonyl (C=O) groups is 1. The Morgan fingerprint density at radius 3 is 2.61 bits per heavy atom. The van der Waals surface area contributed by atoms with Gasteiger partial charge in [-0.3, -0.25) is 19.1 Å². The molecule has 1 amide bonds. The zero-order valence-corrected chi connectivity index (χ0v) is 13.6. The first-order valence-electron chi connectivity index (χ1n) is 6.83. The third-order valence-electron chi connectivity index (χ3n) is 3.37. The quantitative estimate of drug-likeness (QED) is 0.673. The van der Waals surface area contributed by atoms with Crippen LogP contribution in [0.25, 0.3) is 0 Å². The maximum absolute atomic E-state index is 12.3. The van der Waals surface area contributed by atoms with Crippen LogP contribution in [0.1, 0.15) is 21.5 Å². The molecule has 0 bridgehead atoms. The van der Waals surface area contributed by atoms with Crippen LogP contribution in [0.5, 0.6) is 0 Å². The van der Waals surface area contributed by atoms with E-state index in [4.69, 9.17) is 0 Å². The van der Waals surface area contributed by atoms with E-state index in [1.54, 1.807) is 18.4 Å². The minimum Gasteiger partial charge on any atom is -0.322 e. The van der Waals surface area contributed by atoms with Crippen molar-refractivity contribution in [2.24, 2.45) is 0 Å². The van der Waals surface area contributed by atoms with E-state index in [0.29, 0.717) is 11.4 Å². The van der Waals surface area contributed by atoms with Gasteiger partial charge in [-0.1, -0.05) is 18.2 Å². The summed E-state index contributed by atoms with van der Waals surface area (Å²) in [6, 6.07) is 10.9. The molecule has 2 aromatic carbocycles. The van der Waals surface area contributed by atoms with Gasteiger partial charge in [0.1, 0.15) is 0 Å². The zero-order chi connectivity index (χ0) is 17.0. The molecular formula is C16H16N2O4S. The fourth-order valence-corrected chi connectivity index (χ4v) is 2.90. The van der Waals surface area contributed by atoms with Crippen LogP contribution in [-0.2, 0) is 16.6 Å². The molecule has 0 saturated carbocycles. The van der Waals surface area contributed by atoms with Gasteiger partial charge in [0.15, 0.2) is 0 Å². The Hall–Kier alpha value is -2.54. The van der Waals surface area contributed by atoms with Gasteiger partial charge < -0.3 is 5.32 Å². The molecular weight excluding hydrogens is 316 g/mol. The van der Waals surface area contributed by atoms with Crippen molar-refractivity contribution in [3.63, 3.8) is 0 Å². The van der Waals surface area contributed by atoms with Crippen LogP contribution in [-0.4, -0.2) is 21.3 Å². The van der Waals surface area contributed by atoms with Crippen molar-refractivity contribution in [3.8, 4) is 0 Å². The first-order valence-corrected chi connectivity index (χ1v) is 8.55. The molecule has 2 aromatic rings. The molecule has 0 heterocycles. The standard InChI is InChI=1S/C16H16N2O4S/c1-11-13(10-23(2)22)6-4-8-15(11)17-16(19)12-5-3-7-14(9-12)18(20)21/h3-9H,10H2,1-2H3,(H,17,19)/t23-/m0/s1. The number of anilines is 1. The predicted molar refractivity (Wildman–Crippen MR) is 90.0 cm³/mol. The van der Waals surface area contributed by atoms with Crippen LogP contribution in [0.4, 0.5) is 11.4 Å². The summed E-state index contributed by atoms with van der Waals surface area (Å²) in [6.45, 7) is 1.84.